The fourth-order valence-electron chi connectivity index (χ4n) is 3.94. The fraction of sp³-hybridized carbons (Fsp3) is 0.500. The summed E-state index contributed by atoms with van der Waals surface area (Å²) in [6, 6.07) is 4.74. The number of furan rings is 1. The SMILES string of the molecule is Cc1cnc(C(=O)N2CC[C@H]3[C@H]2CCN3Cc2ccc(C)o2)cn1. The van der Waals surface area contributed by atoms with Gasteiger partial charge >= 0.3 is 0 Å². The molecule has 2 fully saturated rings. The minimum atomic E-state index is 0.00527. The lowest BCUT2D eigenvalue weighted by molar-refractivity contribution is 0.0725. The number of hydrogen-bond acceptors (Lipinski definition) is 5. The number of carbonyl (C=O) groups excluding carboxylic acids is 1. The molecule has 6 heteroatoms. The second-order valence-corrected chi connectivity index (χ2v) is 6.74. The number of aryl methyl sites for hydroxylation is 2. The molecule has 1 amide bonds. The number of likely N-dealkylation sites (tertiary alicyclic amines) is 2. The van der Waals surface area contributed by atoms with Gasteiger partial charge in [-0.25, -0.2) is 4.98 Å². The van der Waals surface area contributed by atoms with Gasteiger partial charge in [0, 0.05) is 31.4 Å². The lowest BCUT2D eigenvalue weighted by Crippen LogP contribution is -2.39. The Labute approximate surface area is 141 Å². The third-order valence-electron chi connectivity index (χ3n) is 5.11. The van der Waals surface area contributed by atoms with Gasteiger partial charge in [-0.15, -0.1) is 0 Å². The standard InChI is InChI=1S/C18H22N4O2/c1-12-9-20-15(10-19-12)18(23)22-8-6-16-17(22)5-7-21(16)11-14-4-3-13(2)24-14/h3-4,9-10,16-17H,5-8,11H2,1-2H3/t16-,17+/m0/s1. The summed E-state index contributed by atoms with van der Waals surface area (Å²) in [6.07, 6.45) is 5.26. The lowest BCUT2D eigenvalue weighted by Gasteiger charge is -2.25. The van der Waals surface area contributed by atoms with Gasteiger partial charge in [0.25, 0.3) is 5.91 Å². The monoisotopic (exact) mass is 326 g/mol. The molecule has 0 saturated carbocycles. The predicted molar refractivity (Wildman–Crippen MR) is 88.5 cm³/mol. The highest BCUT2D eigenvalue weighted by atomic mass is 16.3. The minimum absolute atomic E-state index is 0.00527. The summed E-state index contributed by atoms with van der Waals surface area (Å²) in [5, 5.41) is 0. The minimum Gasteiger partial charge on any atom is -0.465 e. The molecule has 0 radical (unpaired) electrons. The first-order valence-corrected chi connectivity index (χ1v) is 8.51. The average molecular weight is 326 g/mol. The van der Waals surface area contributed by atoms with Gasteiger partial charge in [0.2, 0.25) is 0 Å². The molecular formula is C18H22N4O2. The van der Waals surface area contributed by atoms with E-state index in [1.165, 1.54) is 0 Å². The van der Waals surface area contributed by atoms with Crippen LogP contribution in [-0.4, -0.2) is 50.8 Å². The Balaban J connectivity index is 1.46. The Morgan fingerprint density at radius 2 is 2.00 bits per heavy atom. The van der Waals surface area contributed by atoms with E-state index in [9.17, 15) is 4.79 Å². The van der Waals surface area contributed by atoms with Crippen molar-refractivity contribution < 1.29 is 9.21 Å². The molecule has 4 heterocycles. The van der Waals surface area contributed by atoms with E-state index in [1.54, 1.807) is 12.4 Å². The van der Waals surface area contributed by atoms with E-state index in [0.717, 1.165) is 49.7 Å². The number of carbonyl (C=O) groups is 1. The third-order valence-corrected chi connectivity index (χ3v) is 5.11. The lowest BCUT2D eigenvalue weighted by atomic mass is 10.1. The zero-order chi connectivity index (χ0) is 16.7. The predicted octanol–water partition coefficient (Wildman–Crippen LogP) is 2.18. The summed E-state index contributed by atoms with van der Waals surface area (Å²) >= 11 is 0. The summed E-state index contributed by atoms with van der Waals surface area (Å²) in [6.45, 7) is 6.45. The maximum Gasteiger partial charge on any atom is 0.274 e. The van der Waals surface area contributed by atoms with Gasteiger partial charge in [-0.1, -0.05) is 0 Å². The molecule has 0 unspecified atom stereocenters. The first kappa shape index (κ1) is 15.3. The van der Waals surface area contributed by atoms with E-state index in [0.29, 0.717) is 11.7 Å². The van der Waals surface area contributed by atoms with Crippen LogP contribution in [0, 0.1) is 13.8 Å². The number of hydrogen-bond donors (Lipinski definition) is 0. The van der Waals surface area contributed by atoms with E-state index < -0.39 is 0 Å². The highest BCUT2D eigenvalue weighted by Crippen LogP contribution is 2.33. The van der Waals surface area contributed by atoms with Crippen LogP contribution in [-0.2, 0) is 6.54 Å². The molecule has 0 N–H and O–H groups in total. The number of fused-ring (bicyclic) bond motifs is 1. The maximum atomic E-state index is 12.8. The van der Waals surface area contributed by atoms with Crippen molar-refractivity contribution in [3.63, 3.8) is 0 Å². The summed E-state index contributed by atoms with van der Waals surface area (Å²) < 4.78 is 5.71. The first-order chi connectivity index (χ1) is 11.6. The fourth-order valence-corrected chi connectivity index (χ4v) is 3.94. The van der Waals surface area contributed by atoms with Crippen molar-refractivity contribution >= 4 is 5.91 Å². The molecule has 2 aromatic heterocycles. The molecule has 4 rings (SSSR count). The summed E-state index contributed by atoms with van der Waals surface area (Å²) in [4.78, 5) is 25.6. The Kier molecular flexibility index (Phi) is 3.84. The van der Waals surface area contributed by atoms with Crippen molar-refractivity contribution in [3.05, 3.63) is 47.4 Å². The van der Waals surface area contributed by atoms with Crippen molar-refractivity contribution in [1.82, 2.24) is 19.8 Å². The van der Waals surface area contributed by atoms with Crippen LogP contribution in [0.3, 0.4) is 0 Å². The van der Waals surface area contributed by atoms with Crippen LogP contribution in [0.25, 0.3) is 0 Å². The smallest absolute Gasteiger partial charge is 0.274 e. The van der Waals surface area contributed by atoms with Crippen molar-refractivity contribution in [2.24, 2.45) is 0 Å². The zero-order valence-electron chi connectivity index (χ0n) is 14.1. The van der Waals surface area contributed by atoms with Gasteiger partial charge in [0.05, 0.1) is 18.4 Å². The largest absolute Gasteiger partial charge is 0.465 e. The Morgan fingerprint density at radius 3 is 2.71 bits per heavy atom. The highest BCUT2D eigenvalue weighted by Gasteiger charge is 2.44. The quantitative estimate of drug-likeness (QED) is 0.865. The molecule has 126 valence electrons. The number of amides is 1. The third kappa shape index (κ3) is 2.71. The Hall–Kier alpha value is -2.21. The Morgan fingerprint density at radius 1 is 1.17 bits per heavy atom. The molecule has 2 saturated heterocycles. The molecule has 6 nitrogen and oxygen atoms in total. The molecule has 2 aliphatic heterocycles. The van der Waals surface area contributed by atoms with Crippen molar-refractivity contribution in [2.45, 2.75) is 45.3 Å². The van der Waals surface area contributed by atoms with Gasteiger partial charge < -0.3 is 9.32 Å². The van der Waals surface area contributed by atoms with Gasteiger partial charge in [-0.3, -0.25) is 14.7 Å². The van der Waals surface area contributed by atoms with E-state index >= 15 is 0 Å². The van der Waals surface area contributed by atoms with Gasteiger partial charge in [0.1, 0.15) is 17.2 Å². The molecule has 0 aromatic carbocycles. The van der Waals surface area contributed by atoms with Crippen LogP contribution < -0.4 is 0 Å². The number of nitrogens with zero attached hydrogens (tertiary/aromatic N) is 4. The second kappa shape index (κ2) is 6.02. The number of aromatic nitrogens is 2. The van der Waals surface area contributed by atoms with Crippen LogP contribution in [0.15, 0.2) is 28.9 Å². The van der Waals surface area contributed by atoms with Crippen molar-refractivity contribution in [3.8, 4) is 0 Å². The molecule has 2 aliphatic rings. The van der Waals surface area contributed by atoms with Crippen molar-refractivity contribution in [2.75, 3.05) is 13.1 Å². The normalized spacial score (nSPS) is 23.7. The van der Waals surface area contributed by atoms with Crippen LogP contribution in [0.4, 0.5) is 0 Å². The van der Waals surface area contributed by atoms with Crippen LogP contribution in [0.2, 0.25) is 0 Å². The maximum absolute atomic E-state index is 12.8. The van der Waals surface area contributed by atoms with E-state index in [1.807, 2.05) is 30.9 Å². The molecule has 2 atom stereocenters. The molecule has 0 bridgehead atoms. The van der Waals surface area contributed by atoms with E-state index in [-0.39, 0.29) is 11.9 Å². The summed E-state index contributed by atoms with van der Waals surface area (Å²) in [7, 11) is 0. The van der Waals surface area contributed by atoms with Gasteiger partial charge in [-0.2, -0.15) is 0 Å². The zero-order valence-corrected chi connectivity index (χ0v) is 14.1. The second-order valence-electron chi connectivity index (χ2n) is 6.74. The van der Waals surface area contributed by atoms with Crippen molar-refractivity contribution in [1.29, 1.82) is 0 Å². The summed E-state index contributed by atoms with van der Waals surface area (Å²) in [5.41, 5.74) is 1.27. The topological polar surface area (TPSA) is 62.5 Å². The Bertz CT molecular complexity index is 740. The molecule has 0 spiro atoms. The molecule has 0 aliphatic carbocycles. The van der Waals surface area contributed by atoms with E-state index in [2.05, 4.69) is 14.9 Å². The highest BCUT2D eigenvalue weighted by molar-refractivity contribution is 5.92. The summed E-state index contributed by atoms with van der Waals surface area (Å²) in [5.74, 6) is 1.95. The molecule has 2 aromatic rings. The van der Waals surface area contributed by atoms with E-state index in [4.69, 9.17) is 4.42 Å². The molecular weight excluding hydrogens is 304 g/mol. The van der Waals surface area contributed by atoms with Crippen LogP contribution in [0.5, 0.6) is 0 Å². The van der Waals surface area contributed by atoms with Crippen LogP contribution >= 0.6 is 0 Å². The van der Waals surface area contributed by atoms with Gasteiger partial charge in [-0.05, 0) is 38.8 Å². The molecule has 24 heavy (non-hydrogen) atoms. The van der Waals surface area contributed by atoms with Crippen LogP contribution in [0.1, 0.15) is 40.5 Å². The first-order valence-electron chi connectivity index (χ1n) is 8.51. The van der Waals surface area contributed by atoms with Gasteiger partial charge in [0.15, 0.2) is 0 Å². The average Bonchev–Trinajstić information content (AvgIpc) is 3.26. The number of rotatable bonds is 3.